The third-order valence-electron chi connectivity index (χ3n) is 9.54. The van der Waals surface area contributed by atoms with Gasteiger partial charge in [-0.3, -0.25) is 19.2 Å². The normalized spacial score (nSPS) is 29.2. The summed E-state index contributed by atoms with van der Waals surface area (Å²) in [7, 11) is -3.83. The van der Waals surface area contributed by atoms with Crippen LogP contribution in [0.4, 0.5) is 0 Å². The summed E-state index contributed by atoms with van der Waals surface area (Å²) in [6.07, 6.45) is 4.25. The summed E-state index contributed by atoms with van der Waals surface area (Å²) < 4.78 is 26.9. The van der Waals surface area contributed by atoms with Crippen LogP contribution in [0.5, 0.6) is 0 Å². The molecule has 2 aliphatic carbocycles. The molecule has 5 atom stereocenters. The van der Waals surface area contributed by atoms with E-state index in [9.17, 15) is 27.6 Å². The van der Waals surface area contributed by atoms with Crippen molar-refractivity contribution in [2.45, 2.75) is 84.3 Å². The van der Waals surface area contributed by atoms with Gasteiger partial charge in [-0.15, -0.1) is 0 Å². The van der Waals surface area contributed by atoms with E-state index in [4.69, 9.17) is 11.5 Å². The van der Waals surface area contributed by atoms with Gasteiger partial charge in [-0.25, -0.2) is 13.1 Å². The van der Waals surface area contributed by atoms with Gasteiger partial charge in [0, 0.05) is 18.2 Å². The second kappa shape index (κ2) is 8.97. The molecular formula is C27H41N5O6S. The summed E-state index contributed by atoms with van der Waals surface area (Å²) in [5.74, 6) is -3.96. The Labute approximate surface area is 229 Å². The number of carbonyl (C=O) groups excluding carboxylic acids is 3. The molecule has 12 heteroatoms. The number of carbonyl (C=O) groups is 3. The van der Waals surface area contributed by atoms with Crippen molar-refractivity contribution in [3.8, 4) is 0 Å². The van der Waals surface area contributed by atoms with Crippen LogP contribution in [0.1, 0.15) is 76.0 Å². The van der Waals surface area contributed by atoms with Gasteiger partial charge in [-0.05, 0) is 48.1 Å². The number of sulfonamides is 1. The lowest BCUT2D eigenvalue weighted by Gasteiger charge is -2.49. The minimum Gasteiger partial charge on any atom is -0.368 e. The number of nitrogens with two attached hydrogens (primary N) is 2. The number of likely N-dealkylation sites (tertiary alicyclic amines) is 1. The smallest absolute Gasteiger partial charge is 0.259 e. The molecule has 11 nitrogen and oxygen atoms in total. The van der Waals surface area contributed by atoms with Crippen molar-refractivity contribution in [2.75, 3.05) is 12.8 Å². The van der Waals surface area contributed by atoms with E-state index in [1.807, 2.05) is 13.8 Å². The minimum absolute atomic E-state index is 0.0153. The SMILES string of the molecule is CC(C(=O)c1cc2c([nH]c1=O)CCCC2)C1(C(N)=O)N(C(=O)[C@@H](NS(C)(=O)=O)C(C)(C)C)CC2C(C)(C)C21N. The average Bonchev–Trinajstić information content (AvgIpc) is 3.08. The zero-order chi connectivity index (χ0) is 29.5. The van der Waals surface area contributed by atoms with E-state index in [-0.39, 0.29) is 18.0 Å². The Morgan fingerprint density at radius 1 is 1.18 bits per heavy atom. The molecule has 2 heterocycles. The third-order valence-corrected chi connectivity index (χ3v) is 10.2. The van der Waals surface area contributed by atoms with Crippen molar-refractivity contribution in [3.05, 3.63) is 33.2 Å². The molecule has 1 saturated heterocycles. The van der Waals surface area contributed by atoms with E-state index in [2.05, 4.69) is 9.71 Å². The van der Waals surface area contributed by atoms with E-state index in [0.717, 1.165) is 30.4 Å². The maximum absolute atomic E-state index is 14.2. The number of Topliss-reactive ketones (excluding diaryl/α,β-unsaturated/α-hetero) is 1. The monoisotopic (exact) mass is 563 g/mol. The number of pyridine rings is 1. The number of amides is 2. The number of aromatic nitrogens is 1. The number of fused-ring (bicyclic) bond motifs is 2. The average molecular weight is 564 g/mol. The molecule has 0 bridgehead atoms. The van der Waals surface area contributed by atoms with Gasteiger partial charge in [-0.2, -0.15) is 0 Å². The first-order valence-electron chi connectivity index (χ1n) is 13.4. The summed E-state index contributed by atoms with van der Waals surface area (Å²) >= 11 is 0. The van der Waals surface area contributed by atoms with Gasteiger partial charge < -0.3 is 21.4 Å². The van der Waals surface area contributed by atoms with Crippen molar-refractivity contribution in [2.24, 2.45) is 34.1 Å². The fourth-order valence-electron chi connectivity index (χ4n) is 7.24. The maximum atomic E-state index is 14.2. The minimum atomic E-state index is -3.83. The van der Waals surface area contributed by atoms with Crippen LogP contribution in [0.3, 0.4) is 0 Å². The molecule has 2 amide bonds. The highest BCUT2D eigenvalue weighted by molar-refractivity contribution is 7.88. The molecule has 4 rings (SSSR count). The van der Waals surface area contributed by atoms with Crippen LogP contribution in [-0.2, 0) is 32.5 Å². The number of rotatable bonds is 7. The molecule has 1 saturated carbocycles. The topological polar surface area (TPSA) is 186 Å². The molecule has 0 aromatic carbocycles. The van der Waals surface area contributed by atoms with Gasteiger partial charge in [0.2, 0.25) is 21.8 Å². The molecule has 6 N–H and O–H groups in total. The zero-order valence-electron chi connectivity index (χ0n) is 23.8. The van der Waals surface area contributed by atoms with E-state index >= 15 is 0 Å². The van der Waals surface area contributed by atoms with Gasteiger partial charge in [0.15, 0.2) is 5.78 Å². The van der Waals surface area contributed by atoms with Crippen molar-refractivity contribution in [1.82, 2.24) is 14.6 Å². The quantitative estimate of drug-likeness (QED) is 0.347. The molecule has 0 radical (unpaired) electrons. The number of piperidine rings is 1. The highest BCUT2D eigenvalue weighted by Gasteiger charge is 2.87. The second-order valence-corrected chi connectivity index (χ2v) is 15.0. The number of hydrogen-bond acceptors (Lipinski definition) is 7. The Bertz CT molecular complexity index is 1410. The van der Waals surface area contributed by atoms with Crippen molar-refractivity contribution in [3.63, 3.8) is 0 Å². The predicted octanol–water partition coefficient (Wildman–Crippen LogP) is 0.456. The van der Waals surface area contributed by atoms with Crippen LogP contribution in [0.25, 0.3) is 0 Å². The fourth-order valence-corrected chi connectivity index (χ4v) is 8.12. The van der Waals surface area contributed by atoms with Crippen LogP contribution in [0.15, 0.2) is 10.9 Å². The summed E-state index contributed by atoms with van der Waals surface area (Å²) in [6.45, 7) is 10.3. The molecule has 4 unspecified atom stereocenters. The molecule has 1 aromatic heterocycles. The van der Waals surface area contributed by atoms with Crippen LogP contribution < -0.4 is 21.7 Å². The standard InChI is InChI=1S/C27H41N5O6S/c1-14(19(33)16-12-15-10-8-9-11-17(15)30-21(16)34)26(23(28)36)27(29)18(25(27,5)6)13-32(26)22(35)20(24(2,3)4)31-39(7,37)38/h12,14,18,20,31H,8-11,13,29H2,1-7H3,(H2,28,36)(H,30,34)/t14?,18?,20-,26?,27?/m1/s1. The van der Waals surface area contributed by atoms with Crippen molar-refractivity contribution in [1.29, 1.82) is 0 Å². The summed E-state index contributed by atoms with van der Waals surface area (Å²) in [5, 5.41) is 0. The van der Waals surface area contributed by atoms with Gasteiger partial charge >= 0.3 is 0 Å². The largest absolute Gasteiger partial charge is 0.368 e. The Balaban J connectivity index is 1.87. The zero-order valence-corrected chi connectivity index (χ0v) is 24.6. The highest BCUT2D eigenvalue weighted by Crippen LogP contribution is 2.72. The van der Waals surface area contributed by atoms with Crippen LogP contribution >= 0.6 is 0 Å². The number of nitrogens with one attached hydrogen (secondary N) is 2. The molecule has 216 valence electrons. The lowest BCUT2D eigenvalue weighted by Crippen LogP contribution is -2.74. The molecule has 3 aliphatic rings. The van der Waals surface area contributed by atoms with E-state index in [1.165, 1.54) is 11.8 Å². The van der Waals surface area contributed by atoms with Gasteiger partial charge in [0.1, 0.15) is 11.6 Å². The molecular weight excluding hydrogens is 522 g/mol. The van der Waals surface area contributed by atoms with Gasteiger partial charge in [-0.1, -0.05) is 41.5 Å². The first-order chi connectivity index (χ1) is 17.7. The van der Waals surface area contributed by atoms with Crippen LogP contribution in [0.2, 0.25) is 0 Å². The van der Waals surface area contributed by atoms with Gasteiger partial charge in [0.25, 0.3) is 5.56 Å². The highest BCUT2D eigenvalue weighted by atomic mass is 32.2. The maximum Gasteiger partial charge on any atom is 0.259 e. The van der Waals surface area contributed by atoms with Crippen molar-refractivity contribution >= 4 is 27.6 Å². The Morgan fingerprint density at radius 2 is 1.77 bits per heavy atom. The van der Waals surface area contributed by atoms with E-state index < -0.39 is 67.0 Å². The van der Waals surface area contributed by atoms with Crippen LogP contribution in [0, 0.1) is 22.7 Å². The second-order valence-electron chi connectivity index (χ2n) is 13.2. The molecule has 1 aromatic rings. The molecule has 0 spiro atoms. The number of hydrogen-bond donors (Lipinski definition) is 4. The lowest BCUT2D eigenvalue weighted by molar-refractivity contribution is -0.152. The number of ketones is 1. The van der Waals surface area contributed by atoms with E-state index in [0.29, 0.717) is 12.8 Å². The number of nitrogens with zero attached hydrogens (tertiary/aromatic N) is 1. The number of H-pyrrole nitrogens is 1. The predicted molar refractivity (Wildman–Crippen MR) is 146 cm³/mol. The van der Waals surface area contributed by atoms with Crippen molar-refractivity contribution < 1.29 is 22.8 Å². The lowest BCUT2D eigenvalue weighted by atomic mass is 9.69. The molecule has 1 aliphatic heterocycles. The summed E-state index contributed by atoms with van der Waals surface area (Å²) in [5.41, 5.74) is 9.15. The van der Waals surface area contributed by atoms with E-state index in [1.54, 1.807) is 26.8 Å². The number of aryl methyl sites for hydroxylation is 2. The Hall–Kier alpha value is -2.57. The number of aromatic amines is 1. The summed E-state index contributed by atoms with van der Waals surface area (Å²) in [6, 6.07) is 0.328. The summed E-state index contributed by atoms with van der Waals surface area (Å²) in [4.78, 5) is 59.0. The number of primary amides is 1. The first-order valence-corrected chi connectivity index (χ1v) is 15.3. The van der Waals surface area contributed by atoms with Gasteiger partial charge in [0.05, 0.1) is 23.3 Å². The molecule has 2 fully saturated rings. The van der Waals surface area contributed by atoms with Crippen LogP contribution in [-0.4, -0.2) is 65.8 Å². The Kier molecular flexibility index (Phi) is 6.76. The Morgan fingerprint density at radius 3 is 2.31 bits per heavy atom. The first kappa shape index (κ1) is 29.4. The third kappa shape index (κ3) is 4.17. The fraction of sp³-hybridized carbons (Fsp3) is 0.704. The molecule has 39 heavy (non-hydrogen) atoms.